The molecular weight excluding hydrogens is 208 g/mol. The average molecular weight is 224 g/mol. The van der Waals surface area contributed by atoms with Crippen molar-refractivity contribution in [2.24, 2.45) is 11.8 Å². The third-order valence-electron chi connectivity index (χ3n) is 3.82. The normalized spacial score (nSPS) is 36.7. The van der Waals surface area contributed by atoms with Crippen molar-refractivity contribution in [2.45, 2.75) is 18.9 Å². The Kier molecular flexibility index (Phi) is 2.50. The van der Waals surface area contributed by atoms with E-state index in [9.17, 15) is 5.11 Å². The number of piperidine rings is 3. The van der Waals surface area contributed by atoms with Crippen LogP contribution in [0.25, 0.3) is 0 Å². The molecule has 4 rings (SSSR count). The van der Waals surface area contributed by atoms with Crippen molar-refractivity contribution in [1.29, 1.82) is 0 Å². The number of aliphatic hydroxyl groups excluding tert-OH is 1. The van der Waals surface area contributed by atoms with Gasteiger partial charge < -0.3 is 10.0 Å². The lowest BCUT2D eigenvalue weighted by atomic mass is 9.76. The van der Waals surface area contributed by atoms with Gasteiger partial charge >= 0.3 is 0 Å². The van der Waals surface area contributed by atoms with Crippen molar-refractivity contribution >= 4 is 11.3 Å². The fourth-order valence-corrected chi connectivity index (χ4v) is 3.63. The van der Waals surface area contributed by atoms with E-state index in [1.807, 2.05) is 5.38 Å². The summed E-state index contributed by atoms with van der Waals surface area (Å²) in [5, 5.41) is 13.1. The minimum absolute atomic E-state index is 0.335. The van der Waals surface area contributed by atoms with E-state index in [0.29, 0.717) is 11.8 Å². The van der Waals surface area contributed by atoms with Crippen LogP contribution in [0, 0.1) is 11.8 Å². The van der Waals surface area contributed by atoms with Gasteiger partial charge in [-0.25, -0.2) is 4.98 Å². The molecule has 2 bridgehead atoms. The summed E-state index contributed by atoms with van der Waals surface area (Å²) in [5.41, 5.74) is 0. The quantitative estimate of drug-likeness (QED) is 0.827. The second kappa shape index (κ2) is 3.85. The smallest absolute Gasteiger partial charge is 0.121 e. The number of nitrogens with zero attached hydrogens (tertiary/aromatic N) is 2. The van der Waals surface area contributed by atoms with Crippen molar-refractivity contribution in [3.05, 3.63) is 16.6 Å². The Bertz CT molecular complexity index is 319. The fourth-order valence-electron chi connectivity index (χ4n) is 2.93. The highest BCUT2D eigenvalue weighted by molar-refractivity contribution is 7.09. The van der Waals surface area contributed by atoms with Crippen molar-refractivity contribution < 1.29 is 5.11 Å². The SMILES string of the molecule is OC(c1nccs1)C1CN2CCC1CC2. The summed E-state index contributed by atoms with van der Waals surface area (Å²) in [7, 11) is 0. The first-order valence-electron chi connectivity index (χ1n) is 5.64. The molecule has 2 atom stereocenters. The predicted molar refractivity (Wildman–Crippen MR) is 59.7 cm³/mol. The van der Waals surface area contributed by atoms with E-state index in [2.05, 4.69) is 9.88 Å². The summed E-state index contributed by atoms with van der Waals surface area (Å²) in [6, 6.07) is 0. The molecule has 0 aromatic carbocycles. The zero-order valence-electron chi connectivity index (χ0n) is 8.67. The maximum absolute atomic E-state index is 10.3. The van der Waals surface area contributed by atoms with Gasteiger partial charge in [-0.05, 0) is 31.8 Å². The molecule has 3 fully saturated rings. The maximum Gasteiger partial charge on any atom is 0.121 e. The van der Waals surface area contributed by atoms with Crippen molar-refractivity contribution in [2.75, 3.05) is 19.6 Å². The van der Waals surface area contributed by atoms with Crippen molar-refractivity contribution in [3.8, 4) is 0 Å². The van der Waals surface area contributed by atoms with Gasteiger partial charge in [0.05, 0.1) is 0 Å². The van der Waals surface area contributed by atoms with Crippen LogP contribution in [0.5, 0.6) is 0 Å². The lowest BCUT2D eigenvalue weighted by molar-refractivity contribution is -0.0263. The van der Waals surface area contributed by atoms with Gasteiger partial charge in [-0.3, -0.25) is 0 Å². The Hall–Kier alpha value is -0.450. The summed E-state index contributed by atoms with van der Waals surface area (Å²) in [5.74, 6) is 1.13. The van der Waals surface area contributed by atoms with Crippen LogP contribution in [0.15, 0.2) is 11.6 Å². The molecule has 1 aromatic heterocycles. The summed E-state index contributed by atoms with van der Waals surface area (Å²) >= 11 is 1.57. The third-order valence-corrected chi connectivity index (χ3v) is 4.66. The van der Waals surface area contributed by atoms with Crippen LogP contribution in [0.1, 0.15) is 24.0 Å². The largest absolute Gasteiger partial charge is 0.386 e. The number of hydrogen-bond acceptors (Lipinski definition) is 4. The zero-order valence-corrected chi connectivity index (χ0v) is 9.49. The van der Waals surface area contributed by atoms with Gasteiger partial charge in [-0.2, -0.15) is 0 Å². The fraction of sp³-hybridized carbons (Fsp3) is 0.727. The molecule has 0 aliphatic carbocycles. The summed E-state index contributed by atoms with van der Waals surface area (Å²) in [6.45, 7) is 3.52. The van der Waals surface area contributed by atoms with Crippen LogP contribution >= 0.6 is 11.3 Å². The number of aromatic nitrogens is 1. The van der Waals surface area contributed by atoms with Crippen LogP contribution in [0.2, 0.25) is 0 Å². The molecule has 3 saturated heterocycles. The van der Waals surface area contributed by atoms with E-state index in [4.69, 9.17) is 0 Å². The molecule has 15 heavy (non-hydrogen) atoms. The van der Waals surface area contributed by atoms with Gasteiger partial charge in [0.25, 0.3) is 0 Å². The zero-order chi connectivity index (χ0) is 10.3. The Morgan fingerprint density at radius 1 is 1.47 bits per heavy atom. The first-order valence-corrected chi connectivity index (χ1v) is 6.52. The Labute approximate surface area is 93.8 Å². The van der Waals surface area contributed by atoms with Gasteiger partial charge in [0, 0.05) is 24.0 Å². The van der Waals surface area contributed by atoms with Crippen LogP contribution in [-0.4, -0.2) is 34.6 Å². The van der Waals surface area contributed by atoms with Crippen LogP contribution in [-0.2, 0) is 0 Å². The summed E-state index contributed by atoms with van der Waals surface area (Å²) in [4.78, 5) is 6.70. The van der Waals surface area contributed by atoms with E-state index < -0.39 is 0 Å². The minimum atomic E-state index is -0.335. The molecule has 3 aliphatic rings. The number of aliphatic hydroxyl groups is 1. The number of hydrogen-bond donors (Lipinski definition) is 1. The molecule has 0 spiro atoms. The standard InChI is InChI=1S/C11H16N2OS/c14-10(11-12-3-6-15-11)9-7-13-4-1-8(9)2-5-13/h3,6,8-10,14H,1-2,4-5,7H2. The molecular formula is C11H16N2OS. The van der Waals surface area contributed by atoms with Gasteiger partial charge in [0.2, 0.25) is 0 Å². The molecule has 82 valence electrons. The van der Waals surface area contributed by atoms with E-state index >= 15 is 0 Å². The molecule has 4 heterocycles. The summed E-state index contributed by atoms with van der Waals surface area (Å²) in [6.07, 6.45) is 3.96. The maximum atomic E-state index is 10.3. The Morgan fingerprint density at radius 2 is 2.27 bits per heavy atom. The monoisotopic (exact) mass is 224 g/mol. The van der Waals surface area contributed by atoms with E-state index in [1.165, 1.54) is 25.9 Å². The second-order valence-corrected chi connectivity index (χ2v) is 5.54. The van der Waals surface area contributed by atoms with Crippen molar-refractivity contribution in [1.82, 2.24) is 9.88 Å². The van der Waals surface area contributed by atoms with E-state index in [1.54, 1.807) is 17.5 Å². The van der Waals surface area contributed by atoms with Gasteiger partial charge in [-0.15, -0.1) is 11.3 Å². The molecule has 3 aliphatic heterocycles. The van der Waals surface area contributed by atoms with Gasteiger partial charge in [0.1, 0.15) is 11.1 Å². The predicted octanol–water partition coefficient (Wildman–Crippen LogP) is 1.52. The average Bonchev–Trinajstić information content (AvgIpc) is 2.83. The second-order valence-electron chi connectivity index (χ2n) is 4.62. The molecule has 0 amide bonds. The van der Waals surface area contributed by atoms with Crippen LogP contribution < -0.4 is 0 Å². The molecule has 0 radical (unpaired) electrons. The number of rotatable bonds is 2. The third kappa shape index (κ3) is 1.71. The van der Waals surface area contributed by atoms with Crippen LogP contribution in [0.3, 0.4) is 0 Å². The first kappa shape index (κ1) is 9.75. The van der Waals surface area contributed by atoms with E-state index in [-0.39, 0.29) is 6.10 Å². The van der Waals surface area contributed by atoms with E-state index in [0.717, 1.165) is 11.6 Å². The number of thiazole rings is 1. The minimum Gasteiger partial charge on any atom is -0.386 e. The van der Waals surface area contributed by atoms with Crippen molar-refractivity contribution in [3.63, 3.8) is 0 Å². The molecule has 1 aromatic rings. The highest BCUT2D eigenvalue weighted by Crippen LogP contribution is 2.39. The first-order chi connectivity index (χ1) is 7.34. The lowest BCUT2D eigenvalue weighted by Crippen LogP contribution is -2.49. The highest BCUT2D eigenvalue weighted by atomic mass is 32.1. The van der Waals surface area contributed by atoms with Gasteiger partial charge in [-0.1, -0.05) is 0 Å². The lowest BCUT2D eigenvalue weighted by Gasteiger charge is -2.46. The molecule has 4 heteroatoms. The van der Waals surface area contributed by atoms with Crippen LogP contribution in [0.4, 0.5) is 0 Å². The topological polar surface area (TPSA) is 36.4 Å². The van der Waals surface area contributed by atoms with Gasteiger partial charge in [0.15, 0.2) is 0 Å². The number of fused-ring (bicyclic) bond motifs is 3. The molecule has 1 N–H and O–H groups in total. The summed E-state index contributed by atoms with van der Waals surface area (Å²) < 4.78 is 0. The highest BCUT2D eigenvalue weighted by Gasteiger charge is 2.39. The Balaban J connectivity index is 1.77. The molecule has 0 saturated carbocycles. The Morgan fingerprint density at radius 3 is 2.80 bits per heavy atom. The molecule has 3 nitrogen and oxygen atoms in total. The molecule has 2 unspecified atom stereocenters.